The van der Waals surface area contributed by atoms with Gasteiger partial charge in [-0.15, -0.1) is 0 Å². The van der Waals surface area contributed by atoms with E-state index in [0.717, 1.165) is 5.39 Å². The van der Waals surface area contributed by atoms with Gasteiger partial charge in [-0.3, -0.25) is 0 Å². The molecule has 1 aromatic heterocycles. The van der Waals surface area contributed by atoms with Crippen LogP contribution >= 0.6 is 0 Å². The van der Waals surface area contributed by atoms with E-state index in [0.29, 0.717) is 24.5 Å². The van der Waals surface area contributed by atoms with Crippen LogP contribution < -0.4 is 5.73 Å². The SMILES string of the molecule is COCCN(C)S(=O)(=O)c1ccc2nc(N)ccc2c1. The van der Waals surface area contributed by atoms with Crippen LogP contribution in [-0.4, -0.2) is 45.0 Å². The van der Waals surface area contributed by atoms with Crippen molar-refractivity contribution in [2.45, 2.75) is 4.90 Å². The van der Waals surface area contributed by atoms with Crippen molar-refractivity contribution in [1.82, 2.24) is 9.29 Å². The summed E-state index contributed by atoms with van der Waals surface area (Å²) >= 11 is 0. The summed E-state index contributed by atoms with van der Waals surface area (Å²) in [6.45, 7) is 0.651. The third-order valence-electron chi connectivity index (χ3n) is 3.00. The number of hydrogen-bond donors (Lipinski definition) is 1. The van der Waals surface area contributed by atoms with Crippen LogP contribution in [0.4, 0.5) is 5.82 Å². The molecule has 2 aromatic rings. The summed E-state index contributed by atoms with van der Waals surface area (Å²) < 4.78 is 30.9. The second-order valence-electron chi connectivity index (χ2n) is 4.41. The van der Waals surface area contributed by atoms with E-state index in [2.05, 4.69) is 4.98 Å². The normalized spacial score (nSPS) is 12.2. The van der Waals surface area contributed by atoms with Crippen molar-refractivity contribution in [2.24, 2.45) is 0 Å². The Labute approximate surface area is 118 Å². The quantitative estimate of drug-likeness (QED) is 0.892. The molecule has 0 unspecified atom stereocenters. The number of fused-ring (bicyclic) bond motifs is 1. The minimum absolute atomic E-state index is 0.232. The number of pyridine rings is 1. The van der Waals surface area contributed by atoms with Gasteiger partial charge < -0.3 is 10.5 Å². The number of hydrogen-bond acceptors (Lipinski definition) is 5. The van der Waals surface area contributed by atoms with Crippen molar-refractivity contribution in [1.29, 1.82) is 0 Å². The van der Waals surface area contributed by atoms with Crippen LogP contribution in [0.5, 0.6) is 0 Å². The number of aromatic nitrogens is 1. The minimum Gasteiger partial charge on any atom is -0.384 e. The smallest absolute Gasteiger partial charge is 0.242 e. The molecule has 0 atom stereocenters. The van der Waals surface area contributed by atoms with Crippen LogP contribution in [0, 0.1) is 0 Å². The summed E-state index contributed by atoms with van der Waals surface area (Å²) in [6.07, 6.45) is 0. The maximum absolute atomic E-state index is 12.4. The second kappa shape index (κ2) is 5.74. The first kappa shape index (κ1) is 14.7. The minimum atomic E-state index is -3.52. The Hall–Kier alpha value is -1.70. The van der Waals surface area contributed by atoms with Gasteiger partial charge in [-0.25, -0.2) is 13.4 Å². The Bertz CT molecular complexity index is 716. The van der Waals surface area contributed by atoms with Gasteiger partial charge in [0, 0.05) is 26.1 Å². The standard InChI is InChI=1S/C13H17N3O3S/c1-16(7-8-19-2)20(17,18)11-4-5-12-10(9-11)3-6-13(14)15-12/h3-6,9H,7-8H2,1-2H3,(H2,14,15). The molecule has 0 spiro atoms. The van der Waals surface area contributed by atoms with E-state index < -0.39 is 10.0 Å². The molecule has 7 heteroatoms. The summed E-state index contributed by atoms with van der Waals surface area (Å²) in [5, 5.41) is 0.736. The number of likely N-dealkylation sites (N-methyl/N-ethyl adjacent to an activating group) is 1. The van der Waals surface area contributed by atoms with E-state index in [1.165, 1.54) is 24.5 Å². The lowest BCUT2D eigenvalue weighted by atomic mass is 10.2. The monoisotopic (exact) mass is 295 g/mol. The third-order valence-corrected chi connectivity index (χ3v) is 4.85. The Balaban J connectivity index is 2.39. The van der Waals surface area contributed by atoms with E-state index in [4.69, 9.17) is 10.5 Å². The zero-order valence-electron chi connectivity index (χ0n) is 11.4. The fourth-order valence-electron chi connectivity index (χ4n) is 1.80. The Kier molecular flexibility index (Phi) is 4.22. The molecule has 0 fully saturated rings. The van der Waals surface area contributed by atoms with E-state index in [9.17, 15) is 8.42 Å². The second-order valence-corrected chi connectivity index (χ2v) is 6.45. The number of nitrogens with zero attached hydrogens (tertiary/aromatic N) is 2. The molecule has 0 radical (unpaired) electrons. The fraction of sp³-hybridized carbons (Fsp3) is 0.308. The molecular weight excluding hydrogens is 278 g/mol. The lowest BCUT2D eigenvalue weighted by Gasteiger charge is -2.16. The largest absolute Gasteiger partial charge is 0.384 e. The van der Waals surface area contributed by atoms with E-state index in [1.807, 2.05) is 0 Å². The van der Waals surface area contributed by atoms with Gasteiger partial charge in [-0.1, -0.05) is 0 Å². The first-order valence-corrected chi connectivity index (χ1v) is 7.51. The highest BCUT2D eigenvalue weighted by Gasteiger charge is 2.20. The zero-order valence-corrected chi connectivity index (χ0v) is 12.2. The molecule has 0 aliphatic heterocycles. The summed E-state index contributed by atoms with van der Waals surface area (Å²) in [5.74, 6) is 0.408. The van der Waals surface area contributed by atoms with Gasteiger partial charge in [0.2, 0.25) is 10.0 Å². The van der Waals surface area contributed by atoms with E-state index in [-0.39, 0.29) is 4.90 Å². The number of ether oxygens (including phenoxy) is 1. The number of nitrogen functional groups attached to an aromatic ring is 1. The fourth-order valence-corrected chi connectivity index (χ4v) is 2.99. The molecule has 0 bridgehead atoms. The van der Waals surface area contributed by atoms with Crippen molar-refractivity contribution in [2.75, 3.05) is 33.0 Å². The van der Waals surface area contributed by atoms with Gasteiger partial charge in [0.15, 0.2) is 0 Å². The van der Waals surface area contributed by atoms with Gasteiger partial charge in [0.05, 0.1) is 17.0 Å². The van der Waals surface area contributed by atoms with Gasteiger partial charge in [0.1, 0.15) is 5.82 Å². The highest BCUT2D eigenvalue weighted by molar-refractivity contribution is 7.89. The molecule has 0 amide bonds. The first-order chi connectivity index (χ1) is 9.45. The van der Waals surface area contributed by atoms with E-state index >= 15 is 0 Å². The summed E-state index contributed by atoms with van der Waals surface area (Å²) in [6, 6.07) is 8.19. The molecule has 108 valence electrons. The molecule has 2 N–H and O–H groups in total. The van der Waals surface area contributed by atoms with Crippen molar-refractivity contribution in [3.05, 3.63) is 30.3 Å². The first-order valence-electron chi connectivity index (χ1n) is 6.07. The van der Waals surface area contributed by atoms with Crippen LogP contribution in [0.3, 0.4) is 0 Å². The van der Waals surface area contributed by atoms with Crippen molar-refractivity contribution in [3.63, 3.8) is 0 Å². The van der Waals surface area contributed by atoms with Gasteiger partial charge in [-0.2, -0.15) is 4.31 Å². The molecule has 0 saturated carbocycles. The number of nitrogens with two attached hydrogens (primary N) is 1. The molecular formula is C13H17N3O3S. The van der Waals surface area contributed by atoms with Crippen molar-refractivity contribution in [3.8, 4) is 0 Å². The molecule has 1 aromatic carbocycles. The van der Waals surface area contributed by atoms with Crippen LogP contribution in [0.2, 0.25) is 0 Å². The molecule has 2 rings (SSSR count). The summed E-state index contributed by atoms with van der Waals surface area (Å²) in [7, 11) is -0.457. The Morgan fingerprint density at radius 2 is 2.05 bits per heavy atom. The average Bonchev–Trinajstić information content (AvgIpc) is 2.43. The highest BCUT2D eigenvalue weighted by Crippen LogP contribution is 2.21. The maximum Gasteiger partial charge on any atom is 0.242 e. The highest BCUT2D eigenvalue weighted by atomic mass is 32.2. The third kappa shape index (κ3) is 2.90. The Morgan fingerprint density at radius 3 is 2.75 bits per heavy atom. The van der Waals surface area contributed by atoms with Crippen LogP contribution in [-0.2, 0) is 14.8 Å². The van der Waals surface area contributed by atoms with Gasteiger partial charge in [-0.05, 0) is 30.3 Å². The molecule has 20 heavy (non-hydrogen) atoms. The molecule has 0 aliphatic rings. The predicted molar refractivity (Wildman–Crippen MR) is 77.8 cm³/mol. The van der Waals surface area contributed by atoms with Crippen LogP contribution in [0.1, 0.15) is 0 Å². The topological polar surface area (TPSA) is 85.5 Å². The molecule has 0 aliphatic carbocycles. The van der Waals surface area contributed by atoms with Gasteiger partial charge >= 0.3 is 0 Å². The van der Waals surface area contributed by atoms with Gasteiger partial charge in [0.25, 0.3) is 0 Å². The Morgan fingerprint density at radius 1 is 1.30 bits per heavy atom. The van der Waals surface area contributed by atoms with Crippen molar-refractivity contribution < 1.29 is 13.2 Å². The number of sulfonamides is 1. The summed E-state index contributed by atoms with van der Waals surface area (Å²) in [4.78, 5) is 4.37. The predicted octanol–water partition coefficient (Wildman–Crippen LogP) is 1.08. The molecule has 6 nitrogen and oxygen atoms in total. The lowest BCUT2D eigenvalue weighted by Crippen LogP contribution is -2.30. The average molecular weight is 295 g/mol. The van der Waals surface area contributed by atoms with Crippen LogP contribution in [0.25, 0.3) is 10.9 Å². The zero-order chi connectivity index (χ0) is 14.8. The molecule has 1 heterocycles. The number of rotatable bonds is 5. The number of methoxy groups -OCH3 is 1. The lowest BCUT2D eigenvalue weighted by molar-refractivity contribution is 0.185. The number of anilines is 1. The van der Waals surface area contributed by atoms with Crippen molar-refractivity contribution >= 4 is 26.7 Å². The summed E-state index contributed by atoms with van der Waals surface area (Å²) in [5.41, 5.74) is 6.27. The number of benzene rings is 1. The maximum atomic E-state index is 12.4. The van der Waals surface area contributed by atoms with Crippen LogP contribution in [0.15, 0.2) is 35.2 Å². The van der Waals surface area contributed by atoms with E-state index in [1.54, 1.807) is 24.3 Å². The molecule has 0 saturated heterocycles.